The van der Waals surface area contributed by atoms with Crippen molar-refractivity contribution in [3.63, 3.8) is 0 Å². The van der Waals surface area contributed by atoms with Crippen LogP contribution < -0.4 is 15.0 Å². The molecular weight excluding hydrogens is 508 g/mol. The number of nitrogens with zero attached hydrogens (tertiary/aromatic N) is 1. The van der Waals surface area contributed by atoms with Crippen molar-refractivity contribution in [2.45, 2.75) is 26.7 Å². The van der Waals surface area contributed by atoms with E-state index in [1.807, 2.05) is 62.4 Å². The first kappa shape index (κ1) is 24.4. The molecule has 0 saturated carbocycles. The van der Waals surface area contributed by atoms with Gasteiger partial charge in [0.2, 0.25) is 0 Å². The SMILES string of the molecule is CCOc1cc(/C=C2\C(=O)NC(=O)N(c3ccc(CC)cc3)C2=O)ccc1Cc1ccccc1Br. The molecule has 0 bridgehead atoms. The van der Waals surface area contributed by atoms with Crippen molar-refractivity contribution in [3.05, 3.63) is 99.0 Å². The second-order valence-corrected chi connectivity index (χ2v) is 8.90. The average molecular weight is 533 g/mol. The summed E-state index contributed by atoms with van der Waals surface area (Å²) in [5.41, 5.74) is 4.08. The number of barbiturate groups is 1. The first-order chi connectivity index (χ1) is 16.9. The van der Waals surface area contributed by atoms with Gasteiger partial charge in [0.25, 0.3) is 11.8 Å². The summed E-state index contributed by atoms with van der Waals surface area (Å²) in [6, 6.07) is 19.9. The number of carbonyl (C=O) groups is 3. The van der Waals surface area contributed by atoms with E-state index in [1.165, 1.54) is 6.08 Å². The number of ether oxygens (including phenoxy) is 1. The van der Waals surface area contributed by atoms with Crippen LogP contribution >= 0.6 is 15.9 Å². The summed E-state index contributed by atoms with van der Waals surface area (Å²) in [4.78, 5) is 39.2. The fourth-order valence-electron chi connectivity index (χ4n) is 3.88. The number of benzene rings is 3. The zero-order chi connectivity index (χ0) is 24.9. The van der Waals surface area contributed by atoms with Crippen LogP contribution in [0.1, 0.15) is 36.1 Å². The molecule has 1 saturated heterocycles. The standard InChI is InChI=1S/C28H25BrN2O4/c1-3-18-10-13-22(14-11-18)31-27(33)23(26(32)30-28(31)34)15-19-9-12-21(25(16-19)35-4-2)17-20-7-5-6-8-24(20)29/h5-16H,3-4,17H2,1-2H3,(H,30,32,34)/b23-15+. The van der Waals surface area contributed by atoms with Crippen molar-refractivity contribution in [1.29, 1.82) is 0 Å². The van der Waals surface area contributed by atoms with E-state index in [-0.39, 0.29) is 5.57 Å². The largest absolute Gasteiger partial charge is 0.494 e. The minimum absolute atomic E-state index is 0.120. The molecule has 0 unspecified atom stereocenters. The number of nitrogens with one attached hydrogen (secondary N) is 1. The lowest BCUT2D eigenvalue weighted by Crippen LogP contribution is -2.54. The lowest BCUT2D eigenvalue weighted by molar-refractivity contribution is -0.122. The van der Waals surface area contributed by atoms with E-state index in [0.717, 1.165) is 32.5 Å². The highest BCUT2D eigenvalue weighted by atomic mass is 79.9. The van der Waals surface area contributed by atoms with Gasteiger partial charge < -0.3 is 4.74 Å². The molecule has 3 aromatic carbocycles. The van der Waals surface area contributed by atoms with Gasteiger partial charge in [-0.1, -0.05) is 65.3 Å². The highest BCUT2D eigenvalue weighted by Crippen LogP contribution is 2.29. The molecule has 0 aromatic heterocycles. The van der Waals surface area contributed by atoms with Crippen LogP contribution in [0.2, 0.25) is 0 Å². The van der Waals surface area contributed by atoms with Gasteiger partial charge in [-0.25, -0.2) is 9.69 Å². The van der Waals surface area contributed by atoms with E-state index >= 15 is 0 Å². The zero-order valence-corrected chi connectivity index (χ0v) is 21.1. The van der Waals surface area contributed by atoms with Crippen LogP contribution in [-0.2, 0) is 22.4 Å². The number of imide groups is 2. The Balaban J connectivity index is 1.66. The maximum Gasteiger partial charge on any atom is 0.335 e. The Morgan fingerprint density at radius 1 is 0.943 bits per heavy atom. The van der Waals surface area contributed by atoms with Crippen LogP contribution in [-0.4, -0.2) is 24.5 Å². The monoisotopic (exact) mass is 532 g/mol. The third-order valence-corrected chi connectivity index (χ3v) is 6.52. The molecule has 1 N–H and O–H groups in total. The van der Waals surface area contributed by atoms with Crippen molar-refractivity contribution < 1.29 is 19.1 Å². The normalized spacial score (nSPS) is 14.9. The molecule has 6 nitrogen and oxygen atoms in total. The second kappa shape index (κ2) is 10.7. The smallest absolute Gasteiger partial charge is 0.335 e. The molecular formula is C28H25BrN2O4. The predicted octanol–water partition coefficient (Wildman–Crippen LogP) is 5.67. The second-order valence-electron chi connectivity index (χ2n) is 8.05. The first-order valence-corrected chi connectivity index (χ1v) is 12.2. The fourth-order valence-corrected chi connectivity index (χ4v) is 4.31. The van der Waals surface area contributed by atoms with Crippen molar-refractivity contribution in [2.75, 3.05) is 11.5 Å². The predicted molar refractivity (Wildman–Crippen MR) is 139 cm³/mol. The number of urea groups is 1. The molecule has 1 fully saturated rings. The Kier molecular flexibility index (Phi) is 7.46. The van der Waals surface area contributed by atoms with Crippen LogP contribution in [0.15, 0.2) is 76.8 Å². The van der Waals surface area contributed by atoms with Gasteiger partial charge in [0.1, 0.15) is 11.3 Å². The molecule has 35 heavy (non-hydrogen) atoms. The van der Waals surface area contributed by atoms with E-state index < -0.39 is 17.8 Å². The van der Waals surface area contributed by atoms with Gasteiger partial charge in [0, 0.05) is 10.9 Å². The number of halogens is 1. The van der Waals surface area contributed by atoms with Crippen LogP contribution in [0.5, 0.6) is 5.75 Å². The van der Waals surface area contributed by atoms with Crippen LogP contribution in [0.4, 0.5) is 10.5 Å². The van der Waals surface area contributed by atoms with Gasteiger partial charge in [-0.05, 0) is 65.9 Å². The van der Waals surface area contributed by atoms with Gasteiger partial charge in [-0.3, -0.25) is 14.9 Å². The Hall–Kier alpha value is -3.71. The maximum atomic E-state index is 13.2. The zero-order valence-electron chi connectivity index (χ0n) is 19.5. The highest BCUT2D eigenvalue weighted by Gasteiger charge is 2.36. The highest BCUT2D eigenvalue weighted by molar-refractivity contribution is 9.10. The fraction of sp³-hybridized carbons (Fsp3) is 0.179. The van der Waals surface area contributed by atoms with Crippen LogP contribution in [0, 0.1) is 0 Å². The number of anilines is 1. The van der Waals surface area contributed by atoms with Crippen molar-refractivity contribution in [1.82, 2.24) is 5.32 Å². The average Bonchev–Trinajstić information content (AvgIpc) is 2.85. The van der Waals surface area contributed by atoms with Gasteiger partial charge in [-0.2, -0.15) is 0 Å². The molecule has 1 aliphatic heterocycles. The molecule has 1 heterocycles. The molecule has 4 amide bonds. The molecule has 0 aliphatic carbocycles. The Labute approximate surface area is 212 Å². The van der Waals surface area contributed by atoms with E-state index in [0.29, 0.717) is 30.0 Å². The van der Waals surface area contributed by atoms with Gasteiger partial charge >= 0.3 is 6.03 Å². The van der Waals surface area contributed by atoms with Gasteiger partial charge in [-0.15, -0.1) is 0 Å². The van der Waals surface area contributed by atoms with Crippen LogP contribution in [0.25, 0.3) is 6.08 Å². The van der Waals surface area contributed by atoms with E-state index in [9.17, 15) is 14.4 Å². The molecule has 178 valence electrons. The van der Waals surface area contributed by atoms with E-state index in [1.54, 1.807) is 18.2 Å². The summed E-state index contributed by atoms with van der Waals surface area (Å²) in [6.07, 6.45) is 2.98. The molecule has 1 aliphatic rings. The minimum atomic E-state index is -0.764. The summed E-state index contributed by atoms with van der Waals surface area (Å²) in [7, 11) is 0. The van der Waals surface area contributed by atoms with Gasteiger partial charge in [0.05, 0.1) is 12.3 Å². The minimum Gasteiger partial charge on any atom is -0.494 e. The summed E-state index contributed by atoms with van der Waals surface area (Å²) in [5.74, 6) is -0.723. The number of amides is 4. The lowest BCUT2D eigenvalue weighted by Gasteiger charge is -2.26. The first-order valence-electron chi connectivity index (χ1n) is 11.4. The number of hydrogen-bond acceptors (Lipinski definition) is 4. The quantitative estimate of drug-likeness (QED) is 0.314. The number of carbonyl (C=O) groups excluding carboxylic acids is 3. The van der Waals surface area contributed by atoms with Crippen LogP contribution in [0.3, 0.4) is 0 Å². The van der Waals surface area contributed by atoms with E-state index in [2.05, 4.69) is 21.2 Å². The molecule has 0 atom stereocenters. The number of aryl methyl sites for hydroxylation is 1. The summed E-state index contributed by atoms with van der Waals surface area (Å²) >= 11 is 3.58. The number of hydrogen-bond donors (Lipinski definition) is 1. The molecule has 0 spiro atoms. The Morgan fingerprint density at radius 2 is 1.69 bits per heavy atom. The number of rotatable bonds is 7. The van der Waals surface area contributed by atoms with Crippen molar-refractivity contribution >= 4 is 45.5 Å². The topological polar surface area (TPSA) is 75.7 Å². The Morgan fingerprint density at radius 3 is 2.37 bits per heavy atom. The third kappa shape index (κ3) is 5.35. The lowest BCUT2D eigenvalue weighted by atomic mass is 10.0. The molecule has 4 rings (SSSR count). The molecule has 0 radical (unpaired) electrons. The van der Waals surface area contributed by atoms with Crippen molar-refractivity contribution in [2.24, 2.45) is 0 Å². The summed E-state index contributed by atoms with van der Waals surface area (Å²) in [5, 5.41) is 2.27. The summed E-state index contributed by atoms with van der Waals surface area (Å²) < 4.78 is 6.88. The van der Waals surface area contributed by atoms with E-state index in [4.69, 9.17) is 4.74 Å². The van der Waals surface area contributed by atoms with Gasteiger partial charge in [0.15, 0.2) is 0 Å². The molecule has 7 heteroatoms. The summed E-state index contributed by atoms with van der Waals surface area (Å²) in [6.45, 7) is 4.39. The van der Waals surface area contributed by atoms with Crippen molar-refractivity contribution in [3.8, 4) is 5.75 Å². The maximum absolute atomic E-state index is 13.2. The molecule has 3 aromatic rings. The third-order valence-electron chi connectivity index (χ3n) is 5.75. The Bertz CT molecular complexity index is 1310.